The van der Waals surface area contributed by atoms with Crippen LogP contribution in [0.4, 0.5) is 0 Å². The van der Waals surface area contributed by atoms with E-state index < -0.39 is 0 Å². The third-order valence-electron chi connectivity index (χ3n) is 1.13. The second-order valence-electron chi connectivity index (χ2n) is 2.12. The van der Waals surface area contributed by atoms with Gasteiger partial charge in [0.2, 0.25) is 0 Å². The molecule has 0 aromatic carbocycles. The molecule has 0 aliphatic carbocycles. The topological polar surface area (TPSA) is 12.9 Å². The summed E-state index contributed by atoms with van der Waals surface area (Å²) in [7, 11) is 0. The van der Waals surface area contributed by atoms with Gasteiger partial charge in [-0.25, -0.2) is 0 Å². The summed E-state index contributed by atoms with van der Waals surface area (Å²) in [5.74, 6) is 0. The minimum atomic E-state index is 1.08. The summed E-state index contributed by atoms with van der Waals surface area (Å²) in [6.07, 6.45) is 6.51. The van der Waals surface area contributed by atoms with Gasteiger partial charge in [0.15, 0.2) is 0 Å². The Balaban J connectivity index is 0. The zero-order chi connectivity index (χ0) is 10.5. The smallest absolute Gasteiger partial charge is 0.0299 e. The van der Waals surface area contributed by atoms with E-state index in [0.717, 1.165) is 6.42 Å². The Hall–Kier alpha value is -1.11. The maximum Gasteiger partial charge on any atom is 0.0299 e. The molecule has 0 unspecified atom stereocenters. The predicted octanol–water partition coefficient (Wildman–Crippen LogP) is 3.86. The van der Waals surface area contributed by atoms with Crippen LogP contribution in [-0.2, 0) is 6.42 Å². The second-order valence-corrected chi connectivity index (χ2v) is 2.12. The van der Waals surface area contributed by atoms with Gasteiger partial charge in [-0.05, 0) is 25.0 Å². The minimum absolute atomic E-state index is 1.08. The first kappa shape index (κ1) is 14.4. The molecule has 13 heavy (non-hydrogen) atoms. The lowest BCUT2D eigenvalue weighted by molar-refractivity contribution is 1.10. The number of aryl methyl sites for hydroxylation is 1. The van der Waals surface area contributed by atoms with Gasteiger partial charge in [-0.1, -0.05) is 32.9 Å². The number of aromatic nitrogens is 1. The molecule has 1 heterocycles. The highest BCUT2D eigenvalue weighted by Gasteiger charge is 1.81. The van der Waals surface area contributed by atoms with Gasteiger partial charge in [-0.15, -0.1) is 6.58 Å². The van der Waals surface area contributed by atoms with Gasteiger partial charge in [0.1, 0.15) is 0 Å². The molecule has 0 saturated heterocycles. The molecule has 74 valence electrons. The van der Waals surface area contributed by atoms with E-state index in [9.17, 15) is 0 Å². The molecule has 0 N–H and O–H groups in total. The van der Waals surface area contributed by atoms with Crippen LogP contribution in [0, 0.1) is 0 Å². The van der Waals surface area contributed by atoms with Crippen molar-refractivity contribution in [1.29, 1.82) is 0 Å². The van der Waals surface area contributed by atoms with Crippen LogP contribution >= 0.6 is 0 Å². The van der Waals surface area contributed by atoms with Crippen LogP contribution in [0.5, 0.6) is 0 Å². The number of rotatable bonds is 1. The molecule has 0 aliphatic heterocycles. The minimum Gasteiger partial charge on any atom is -0.264 e. The van der Waals surface area contributed by atoms with Crippen LogP contribution in [-0.4, -0.2) is 4.98 Å². The summed E-state index contributed by atoms with van der Waals surface area (Å²) in [5.41, 5.74) is 1.30. The maximum absolute atomic E-state index is 3.96. The van der Waals surface area contributed by atoms with E-state index in [1.807, 2.05) is 33.0 Å². The summed E-state index contributed by atoms with van der Waals surface area (Å²) in [5, 5.41) is 0. The third-order valence-corrected chi connectivity index (χ3v) is 1.13. The highest BCUT2D eigenvalue weighted by Crippen LogP contribution is 1.93. The van der Waals surface area contributed by atoms with Crippen molar-refractivity contribution in [1.82, 2.24) is 4.98 Å². The molecule has 0 bridgehead atoms. The fraction of sp³-hybridized carbons (Fsp3) is 0.417. The molecule has 0 atom stereocenters. The Morgan fingerprint density at radius 1 is 1.46 bits per heavy atom. The molecule has 1 rings (SSSR count). The fourth-order valence-electron chi connectivity index (χ4n) is 0.607. The predicted molar refractivity (Wildman–Crippen MR) is 60.8 cm³/mol. The molecule has 0 saturated carbocycles. The fourth-order valence-corrected chi connectivity index (χ4v) is 0.607. The van der Waals surface area contributed by atoms with Crippen molar-refractivity contribution in [2.45, 2.75) is 34.1 Å². The van der Waals surface area contributed by atoms with Gasteiger partial charge < -0.3 is 0 Å². The van der Waals surface area contributed by atoms with Crippen molar-refractivity contribution in [2.24, 2.45) is 0 Å². The van der Waals surface area contributed by atoms with Crippen LogP contribution in [0.3, 0.4) is 0 Å². The van der Waals surface area contributed by atoms with Crippen molar-refractivity contribution in [3.05, 3.63) is 42.7 Å². The van der Waals surface area contributed by atoms with E-state index in [-0.39, 0.29) is 0 Å². The largest absolute Gasteiger partial charge is 0.264 e. The van der Waals surface area contributed by atoms with E-state index in [1.54, 1.807) is 12.3 Å². The van der Waals surface area contributed by atoms with Crippen LogP contribution in [0.15, 0.2) is 37.2 Å². The molecular formula is C12H21N. The Labute approximate surface area is 82.5 Å². The highest BCUT2D eigenvalue weighted by atomic mass is 14.6. The quantitative estimate of drug-likeness (QED) is 0.596. The van der Waals surface area contributed by atoms with Crippen molar-refractivity contribution in [3.8, 4) is 0 Å². The SMILES string of the molecule is C=CC.CC.CCc1cccnc1. The number of nitrogens with zero attached hydrogens (tertiary/aromatic N) is 1. The summed E-state index contributed by atoms with van der Waals surface area (Å²) >= 11 is 0. The van der Waals surface area contributed by atoms with Gasteiger partial charge >= 0.3 is 0 Å². The standard InChI is InChI=1S/C7H9N.C3H6.C2H6/c1-2-7-4-3-5-8-6-7;1-3-2;1-2/h3-6H,2H2,1H3;3H,1H2,2H3;1-2H3. The van der Waals surface area contributed by atoms with E-state index in [0.29, 0.717) is 0 Å². The summed E-state index contributed by atoms with van der Waals surface area (Å²) < 4.78 is 0. The molecule has 1 heteroatoms. The summed E-state index contributed by atoms with van der Waals surface area (Å²) in [6.45, 7) is 11.4. The van der Waals surface area contributed by atoms with E-state index >= 15 is 0 Å². The number of hydrogen-bond acceptors (Lipinski definition) is 1. The summed E-state index contributed by atoms with van der Waals surface area (Å²) in [6, 6.07) is 4.03. The normalized spacial score (nSPS) is 7.08. The zero-order valence-electron chi connectivity index (χ0n) is 9.25. The van der Waals surface area contributed by atoms with Crippen LogP contribution in [0.25, 0.3) is 0 Å². The lowest BCUT2D eigenvalue weighted by atomic mass is 10.2. The van der Waals surface area contributed by atoms with Gasteiger partial charge in [0, 0.05) is 12.4 Å². The lowest BCUT2D eigenvalue weighted by Crippen LogP contribution is -1.77. The highest BCUT2D eigenvalue weighted by molar-refractivity contribution is 5.07. The molecule has 0 amide bonds. The average molecular weight is 179 g/mol. The molecular weight excluding hydrogens is 158 g/mol. The second kappa shape index (κ2) is 13.5. The van der Waals surface area contributed by atoms with E-state index in [2.05, 4.69) is 24.6 Å². The summed E-state index contributed by atoms with van der Waals surface area (Å²) in [4.78, 5) is 3.96. The molecule has 0 aliphatic rings. The molecule has 0 spiro atoms. The van der Waals surface area contributed by atoms with Crippen LogP contribution in [0.1, 0.15) is 33.3 Å². The average Bonchev–Trinajstić information content (AvgIpc) is 2.23. The van der Waals surface area contributed by atoms with Crippen molar-refractivity contribution >= 4 is 0 Å². The van der Waals surface area contributed by atoms with E-state index in [1.165, 1.54) is 5.56 Å². The maximum atomic E-state index is 3.96. The number of allylic oxidation sites excluding steroid dienone is 1. The van der Waals surface area contributed by atoms with Crippen molar-refractivity contribution in [3.63, 3.8) is 0 Å². The van der Waals surface area contributed by atoms with Crippen molar-refractivity contribution in [2.75, 3.05) is 0 Å². The molecule has 1 nitrogen and oxygen atoms in total. The van der Waals surface area contributed by atoms with Gasteiger partial charge in [0.05, 0.1) is 0 Å². The first-order valence-electron chi connectivity index (χ1n) is 4.81. The zero-order valence-corrected chi connectivity index (χ0v) is 9.25. The Bertz CT molecular complexity index is 180. The first-order valence-corrected chi connectivity index (χ1v) is 4.81. The number of pyridine rings is 1. The molecule has 0 fully saturated rings. The monoisotopic (exact) mass is 179 g/mol. The molecule has 1 aromatic rings. The lowest BCUT2D eigenvalue weighted by Gasteiger charge is -1.88. The Morgan fingerprint density at radius 2 is 2.00 bits per heavy atom. The third kappa shape index (κ3) is 10.9. The Morgan fingerprint density at radius 3 is 2.23 bits per heavy atom. The molecule has 0 radical (unpaired) electrons. The van der Waals surface area contributed by atoms with Crippen LogP contribution in [0.2, 0.25) is 0 Å². The van der Waals surface area contributed by atoms with Gasteiger partial charge in [-0.2, -0.15) is 0 Å². The van der Waals surface area contributed by atoms with E-state index in [4.69, 9.17) is 0 Å². The van der Waals surface area contributed by atoms with Crippen molar-refractivity contribution < 1.29 is 0 Å². The first-order chi connectivity index (χ1) is 6.35. The molecule has 1 aromatic heterocycles. The van der Waals surface area contributed by atoms with Crippen LogP contribution < -0.4 is 0 Å². The van der Waals surface area contributed by atoms with Gasteiger partial charge in [0.25, 0.3) is 0 Å². The van der Waals surface area contributed by atoms with Gasteiger partial charge in [-0.3, -0.25) is 4.98 Å². The number of hydrogen-bond donors (Lipinski definition) is 0. The Kier molecular flexibility index (Phi) is 14.9.